The molecule has 15 rings (SSSR count). The molecule has 0 radical (unpaired) electrons. The van der Waals surface area contributed by atoms with Crippen LogP contribution in [-0.2, 0) is 4.74 Å². The van der Waals surface area contributed by atoms with Crippen LogP contribution >= 0.6 is 45.3 Å². The molecule has 11 N–H and O–H groups in total. The number of ether oxygens (including phenoxy) is 1. The Balaban J connectivity index is 0.000000167. The zero-order valence-corrected chi connectivity index (χ0v) is 84.9. The summed E-state index contributed by atoms with van der Waals surface area (Å²) in [4.78, 5) is 147. The van der Waals surface area contributed by atoms with Crippen LogP contribution in [0.4, 0.5) is 58.4 Å². The standard InChI is InChI=1S/C25H33F2N5O3S.2C24H31F2N5O3S.C23H31F2N5O3S/c1-5-14(3)29-19-9-13(2)16(11-28-19)21-20(24(35)32-12-25(26,27)10-15(32)4)31-23(36-21)22(34)30-17-7-6-8-18(17)33;1-13(2)28-18-9-14(3)17(11-27-18)20-19(23(33)31-12-24(25,26)10-15(31)4)30-22(35-20)21(32)29-16-5-7-34-8-6-16;1-12(2)28-18-8-13(3)15(10-27-18)20-19(23(34)31-11-24(25,26)9-14(31)4)30-22(35-20)21(33)29-16-6-5-7-17(16)32;1-6-13(3)27-17-7-12(2)16(9-26-17)19-18(22(33)30-11-23(24,25)8-15(30)5)29-21(34-19)20(32)28-14(4)10-31/h9,11,14-15,17-18,33H,5-8,10,12H2,1-4H3,(H,28,29)(H,30,34);9,11,13,15-16H,5-8,10,12H2,1-4H3,(H,27,28)(H,29,32);8,10,12,14,16-17,32H,5-7,9,11H2,1-4H3,(H,27,28)(H,29,33);7,9,13-15,31H,6,8,10-11H2,1-5H3,(H,26,27)(H,28,32)/t14-,15+,17+,18+;15-;14-,16-,17-;13-,14-,15+/m1001/s1. The molecule has 8 amide bonds. The van der Waals surface area contributed by atoms with Crippen molar-refractivity contribution in [2.24, 2.45) is 0 Å². The normalized spacial score (nSPS) is 21.8. The lowest BCUT2D eigenvalue weighted by molar-refractivity contribution is 0.0115. The van der Waals surface area contributed by atoms with E-state index in [2.05, 4.69) is 96.3 Å². The van der Waals surface area contributed by atoms with E-state index in [-0.39, 0.29) is 97.6 Å². The first-order valence-corrected chi connectivity index (χ1v) is 50.7. The molecule has 32 nitrogen and oxygen atoms in total. The predicted octanol–water partition coefficient (Wildman–Crippen LogP) is 15.9. The van der Waals surface area contributed by atoms with E-state index in [1.165, 1.54) is 0 Å². The van der Waals surface area contributed by atoms with E-state index in [9.17, 15) is 88.8 Å². The van der Waals surface area contributed by atoms with Crippen molar-refractivity contribution >= 4 is 116 Å². The average Bonchev–Trinajstić information content (AvgIpc) is 1.63. The number of nitrogens with one attached hydrogen (secondary N) is 8. The molecule has 8 aromatic heterocycles. The Morgan fingerprint density at radius 2 is 0.679 bits per heavy atom. The number of carbonyl (C=O) groups excluding carboxylic acids is 8. The molecule has 13 heterocycles. The molecule has 8 aromatic rings. The first kappa shape index (κ1) is 108. The number of thiazole rings is 4. The summed E-state index contributed by atoms with van der Waals surface area (Å²) in [5, 5.41) is 53.9. The first-order valence-electron chi connectivity index (χ1n) is 47.4. The minimum Gasteiger partial charge on any atom is -0.394 e. The molecule has 2 aliphatic carbocycles. The van der Waals surface area contributed by atoms with E-state index in [4.69, 9.17) is 4.74 Å². The molecule has 2 saturated carbocycles. The van der Waals surface area contributed by atoms with Crippen LogP contribution in [0.5, 0.6) is 0 Å². The lowest BCUT2D eigenvalue weighted by Crippen LogP contribution is -2.40. The molecular formula is C96H126F8N20O12S4. The Hall–Kier alpha value is -10.6. The second-order valence-electron chi connectivity index (χ2n) is 38.3. The largest absolute Gasteiger partial charge is 0.394 e. The summed E-state index contributed by atoms with van der Waals surface area (Å²) in [6.45, 7) is 29.8. The summed E-state index contributed by atoms with van der Waals surface area (Å²) >= 11 is 4.14. The number of rotatable bonds is 27. The van der Waals surface area contributed by atoms with Gasteiger partial charge >= 0.3 is 0 Å². The lowest BCUT2D eigenvalue weighted by atomic mass is 10.1. The summed E-state index contributed by atoms with van der Waals surface area (Å²) in [7, 11) is 0. The van der Waals surface area contributed by atoms with Crippen LogP contribution in [0.2, 0.25) is 0 Å². The molecule has 0 aromatic carbocycles. The van der Waals surface area contributed by atoms with E-state index in [0.717, 1.165) is 113 Å². The van der Waals surface area contributed by atoms with Crippen molar-refractivity contribution < 1.29 is 93.5 Å². The molecule has 44 heteroatoms. The van der Waals surface area contributed by atoms with E-state index >= 15 is 0 Å². The summed E-state index contributed by atoms with van der Waals surface area (Å²) < 4.78 is 118. The number of carbonyl (C=O) groups is 8. The van der Waals surface area contributed by atoms with Gasteiger partial charge < -0.3 is 82.2 Å². The maximum atomic E-state index is 14.1. The second-order valence-corrected chi connectivity index (χ2v) is 42.3. The Labute approximate surface area is 824 Å². The predicted molar refractivity (Wildman–Crippen MR) is 522 cm³/mol. The number of amides is 8. The third-order valence-corrected chi connectivity index (χ3v) is 29.7. The van der Waals surface area contributed by atoms with Crippen LogP contribution in [0.3, 0.4) is 0 Å². The van der Waals surface area contributed by atoms with Crippen LogP contribution < -0.4 is 42.5 Å². The van der Waals surface area contributed by atoms with Gasteiger partial charge in [0, 0.05) is 146 Å². The van der Waals surface area contributed by atoms with E-state index in [1.54, 1.807) is 59.4 Å². The highest BCUT2D eigenvalue weighted by Crippen LogP contribution is 2.45. The van der Waals surface area contributed by atoms with E-state index in [1.807, 2.05) is 93.5 Å². The molecular weight excluding hydrogens is 1910 g/mol. The highest BCUT2D eigenvalue weighted by Gasteiger charge is 2.51. The number of aliphatic hydroxyl groups excluding tert-OH is 3. The summed E-state index contributed by atoms with van der Waals surface area (Å²) in [5.41, 5.74) is 5.60. The first-order chi connectivity index (χ1) is 65.9. The van der Waals surface area contributed by atoms with E-state index < -0.39 is 159 Å². The third-order valence-electron chi connectivity index (χ3n) is 25.4. The van der Waals surface area contributed by atoms with Crippen LogP contribution in [0.25, 0.3) is 41.8 Å². The number of alkyl halides is 8. The zero-order valence-electron chi connectivity index (χ0n) is 81.6. The number of likely N-dealkylation sites (tertiary alicyclic amines) is 4. The Bertz CT molecular complexity index is 5800. The van der Waals surface area contributed by atoms with Gasteiger partial charge in [-0.1, -0.05) is 13.8 Å². The molecule has 0 spiro atoms. The van der Waals surface area contributed by atoms with Crippen LogP contribution in [-0.4, -0.2) is 276 Å². The van der Waals surface area contributed by atoms with Gasteiger partial charge in [0.05, 0.1) is 76.6 Å². The fourth-order valence-electron chi connectivity index (χ4n) is 17.5. The number of aryl methyl sites for hydroxylation is 4. The van der Waals surface area contributed by atoms with Gasteiger partial charge in [0.25, 0.3) is 70.9 Å². The number of pyridine rings is 4. The lowest BCUT2D eigenvalue weighted by Gasteiger charge is -2.22. The van der Waals surface area contributed by atoms with E-state index in [0.29, 0.717) is 117 Å². The van der Waals surface area contributed by atoms with Crippen LogP contribution in [0.1, 0.15) is 283 Å². The van der Waals surface area contributed by atoms with Crippen molar-refractivity contribution in [3.05, 3.63) is 114 Å². The Morgan fingerprint density at radius 3 is 0.914 bits per heavy atom. The van der Waals surface area contributed by atoms with Gasteiger partial charge in [-0.05, 0) is 215 Å². The highest BCUT2D eigenvalue weighted by atomic mass is 32.1. The van der Waals surface area contributed by atoms with Crippen LogP contribution in [0.15, 0.2) is 49.1 Å². The van der Waals surface area contributed by atoms with Gasteiger partial charge in [0.15, 0.2) is 20.0 Å². The number of aromatic nitrogens is 8. The molecule has 7 aliphatic rings. The van der Waals surface area contributed by atoms with Crippen molar-refractivity contribution in [2.75, 3.05) is 67.3 Å². The summed E-state index contributed by atoms with van der Waals surface area (Å²) in [6, 6.07) is 4.29. The number of anilines is 4. The topological polar surface area (TPSA) is 419 Å². The minimum atomic E-state index is -2.97. The zero-order chi connectivity index (χ0) is 102. The second kappa shape index (κ2) is 45.7. The van der Waals surface area contributed by atoms with Gasteiger partial charge in [0.2, 0.25) is 0 Å². The van der Waals surface area contributed by atoms with Gasteiger partial charge in [-0.15, -0.1) is 45.3 Å². The molecule has 0 bridgehead atoms. The SMILES string of the molecule is CC[C@@H](C)Nc1cc(C)c(-c2sc(C(=O)N[C@H](C)CO)nc2C(=O)N2CC(F)(F)C[C@@H]2C)cn1.CC[C@@H](C)Nc1cc(C)c(-c2sc(C(=O)N[C@H]3CCC[C@@H]3O)nc2C(=O)N2CC(F)(F)C[C@@H]2C)cn1.Cc1cc(NC(C)C)ncc1-c1sc(C(=O)NC2CCOCC2)nc1C(=O)N1CC(F)(F)C[C@@H]1C.Cc1cc(NC(C)C)ncc1-c1sc(C(=O)N[C@H]2CCC[C@@H]2O)nc1C(=O)N1CC(F)(F)C[C@@H]1C. The Morgan fingerprint density at radius 1 is 0.407 bits per heavy atom. The minimum absolute atomic E-state index is 0.00569. The molecule has 762 valence electrons. The molecule has 140 heavy (non-hydrogen) atoms. The van der Waals surface area contributed by atoms with Gasteiger partial charge in [-0.25, -0.2) is 75.0 Å². The fourth-order valence-corrected chi connectivity index (χ4v) is 21.7. The highest BCUT2D eigenvalue weighted by molar-refractivity contribution is 7.18. The molecule has 11 atom stereocenters. The quantitative estimate of drug-likeness (QED) is 0.0213. The number of halogens is 8. The molecule has 5 saturated heterocycles. The fraction of sp³-hybridized carbons (Fsp3) is 0.583. The summed E-state index contributed by atoms with van der Waals surface area (Å²) in [5.74, 6) is -13.6. The monoisotopic (exact) mass is 2030 g/mol. The number of nitrogens with zero attached hydrogens (tertiary/aromatic N) is 12. The molecule has 7 fully saturated rings. The molecule has 0 unspecified atom stereocenters. The summed E-state index contributed by atoms with van der Waals surface area (Å²) in [6.07, 6.45) is 10.9. The Kier molecular flexibility index (Phi) is 35.3. The van der Waals surface area contributed by atoms with Crippen molar-refractivity contribution in [1.82, 2.24) is 80.7 Å². The van der Waals surface area contributed by atoms with Crippen molar-refractivity contribution in [3.63, 3.8) is 0 Å². The van der Waals surface area contributed by atoms with Crippen LogP contribution in [0, 0.1) is 27.7 Å². The van der Waals surface area contributed by atoms with Crippen molar-refractivity contribution in [2.45, 2.75) is 316 Å². The number of hydrogen-bond acceptors (Lipinski definition) is 28. The third kappa shape index (κ3) is 26.8. The smallest absolute Gasteiger partial charge is 0.280 e. The average molecular weight is 2030 g/mol. The van der Waals surface area contributed by atoms with Crippen molar-refractivity contribution in [1.29, 1.82) is 0 Å². The maximum absolute atomic E-state index is 14.1. The van der Waals surface area contributed by atoms with Gasteiger partial charge in [0.1, 0.15) is 46.0 Å². The van der Waals surface area contributed by atoms with Gasteiger partial charge in [-0.2, -0.15) is 0 Å². The maximum Gasteiger partial charge on any atom is 0.280 e. The molecule has 5 aliphatic heterocycles. The van der Waals surface area contributed by atoms with Gasteiger partial charge in [-0.3, -0.25) is 38.4 Å². The number of aliphatic hydroxyl groups is 3. The number of hydrogen-bond donors (Lipinski definition) is 11. The van der Waals surface area contributed by atoms with Crippen molar-refractivity contribution in [3.8, 4) is 41.8 Å².